The molecule has 0 aromatic heterocycles. The highest BCUT2D eigenvalue weighted by atomic mass is 32.2. The monoisotopic (exact) mass is 239 g/mol. The van der Waals surface area contributed by atoms with Gasteiger partial charge in [-0.15, -0.1) is 0 Å². The van der Waals surface area contributed by atoms with Crippen LogP contribution in [0, 0.1) is 11.2 Å². The molecule has 0 amide bonds. The number of nitrogens with zero attached hydrogens (tertiary/aromatic N) is 1. The number of thioether (sulfide) groups is 1. The summed E-state index contributed by atoms with van der Waals surface area (Å²) in [6.45, 7) is 1.75. The number of benzene rings is 1. The number of halogens is 1. The number of anilines is 1. The van der Waals surface area contributed by atoms with E-state index in [4.69, 9.17) is 11.1 Å². The second kappa shape index (κ2) is 4.74. The van der Waals surface area contributed by atoms with Gasteiger partial charge in [-0.25, -0.2) is 4.39 Å². The van der Waals surface area contributed by atoms with Crippen molar-refractivity contribution >= 4 is 23.3 Å². The SMILES string of the molecule is N=C(N)c1ccc(N2CCSCC2)c(F)c1. The number of nitrogens with one attached hydrogen (secondary N) is 1. The van der Waals surface area contributed by atoms with Crippen molar-refractivity contribution in [1.29, 1.82) is 5.41 Å². The van der Waals surface area contributed by atoms with Gasteiger partial charge >= 0.3 is 0 Å². The van der Waals surface area contributed by atoms with Gasteiger partial charge in [0.05, 0.1) is 5.69 Å². The summed E-state index contributed by atoms with van der Waals surface area (Å²) < 4.78 is 13.8. The Morgan fingerprint density at radius 3 is 2.62 bits per heavy atom. The van der Waals surface area contributed by atoms with E-state index >= 15 is 0 Å². The first kappa shape index (κ1) is 11.3. The lowest BCUT2D eigenvalue weighted by molar-refractivity contribution is 0.619. The highest BCUT2D eigenvalue weighted by Crippen LogP contribution is 2.23. The summed E-state index contributed by atoms with van der Waals surface area (Å²) in [4.78, 5) is 2.04. The van der Waals surface area contributed by atoms with Gasteiger partial charge in [0.25, 0.3) is 0 Å². The summed E-state index contributed by atoms with van der Waals surface area (Å²) in [6, 6.07) is 4.74. The molecular formula is C11H14FN3S. The van der Waals surface area contributed by atoms with Crippen molar-refractivity contribution in [3.8, 4) is 0 Å². The maximum absolute atomic E-state index is 13.8. The van der Waals surface area contributed by atoms with Gasteiger partial charge in [-0.1, -0.05) is 0 Å². The highest BCUT2D eigenvalue weighted by Gasteiger charge is 2.15. The van der Waals surface area contributed by atoms with Gasteiger partial charge in [0.15, 0.2) is 0 Å². The summed E-state index contributed by atoms with van der Waals surface area (Å²) >= 11 is 1.89. The lowest BCUT2D eigenvalue weighted by atomic mass is 10.1. The molecule has 0 saturated carbocycles. The number of amidine groups is 1. The summed E-state index contributed by atoms with van der Waals surface area (Å²) in [7, 11) is 0. The van der Waals surface area contributed by atoms with Crippen LogP contribution in [0.1, 0.15) is 5.56 Å². The summed E-state index contributed by atoms with van der Waals surface area (Å²) in [5, 5.41) is 7.24. The minimum Gasteiger partial charge on any atom is -0.384 e. The van der Waals surface area contributed by atoms with Gasteiger partial charge in [0.2, 0.25) is 0 Å². The van der Waals surface area contributed by atoms with E-state index in [1.165, 1.54) is 6.07 Å². The van der Waals surface area contributed by atoms with Gasteiger partial charge in [-0.3, -0.25) is 5.41 Å². The normalized spacial score (nSPS) is 16.2. The molecule has 0 radical (unpaired) electrons. The Bertz CT molecular complexity index is 402. The average Bonchev–Trinajstić information content (AvgIpc) is 2.30. The smallest absolute Gasteiger partial charge is 0.147 e. The third-order valence-electron chi connectivity index (χ3n) is 2.61. The van der Waals surface area contributed by atoms with Gasteiger partial charge in [-0.05, 0) is 18.2 Å². The van der Waals surface area contributed by atoms with Crippen molar-refractivity contribution in [3.05, 3.63) is 29.6 Å². The first-order valence-corrected chi connectivity index (χ1v) is 6.30. The molecule has 0 bridgehead atoms. The minimum atomic E-state index is -0.292. The molecular weight excluding hydrogens is 225 g/mol. The highest BCUT2D eigenvalue weighted by molar-refractivity contribution is 7.99. The van der Waals surface area contributed by atoms with Crippen LogP contribution in [0.5, 0.6) is 0 Å². The molecule has 1 aliphatic heterocycles. The van der Waals surface area contributed by atoms with E-state index in [9.17, 15) is 4.39 Å². The molecule has 1 aliphatic rings. The van der Waals surface area contributed by atoms with Crippen LogP contribution < -0.4 is 10.6 Å². The fourth-order valence-corrected chi connectivity index (χ4v) is 2.64. The van der Waals surface area contributed by atoms with E-state index in [0.717, 1.165) is 24.6 Å². The Labute approximate surface area is 98.3 Å². The lowest BCUT2D eigenvalue weighted by Gasteiger charge is -2.28. The molecule has 0 spiro atoms. The van der Waals surface area contributed by atoms with Crippen molar-refractivity contribution in [2.75, 3.05) is 29.5 Å². The third kappa shape index (κ3) is 2.29. The van der Waals surface area contributed by atoms with Crippen LogP contribution in [-0.2, 0) is 0 Å². The molecule has 1 heterocycles. The largest absolute Gasteiger partial charge is 0.384 e. The zero-order valence-electron chi connectivity index (χ0n) is 8.87. The zero-order chi connectivity index (χ0) is 11.5. The Balaban J connectivity index is 2.24. The Kier molecular flexibility index (Phi) is 3.33. The molecule has 3 nitrogen and oxygen atoms in total. The van der Waals surface area contributed by atoms with Crippen molar-refractivity contribution in [3.63, 3.8) is 0 Å². The number of nitrogen functional groups attached to an aromatic ring is 1. The summed E-state index contributed by atoms with van der Waals surface area (Å²) in [6.07, 6.45) is 0. The van der Waals surface area contributed by atoms with E-state index in [-0.39, 0.29) is 11.7 Å². The van der Waals surface area contributed by atoms with Crippen LogP contribution in [0.25, 0.3) is 0 Å². The summed E-state index contributed by atoms with van der Waals surface area (Å²) in [5.41, 5.74) is 6.36. The van der Waals surface area contributed by atoms with Crippen molar-refractivity contribution in [1.82, 2.24) is 0 Å². The van der Waals surface area contributed by atoms with Crippen molar-refractivity contribution < 1.29 is 4.39 Å². The van der Waals surface area contributed by atoms with Crippen molar-refractivity contribution in [2.24, 2.45) is 5.73 Å². The van der Waals surface area contributed by atoms with E-state index < -0.39 is 0 Å². The third-order valence-corrected chi connectivity index (χ3v) is 3.55. The maximum atomic E-state index is 13.8. The molecule has 3 N–H and O–H groups in total. The zero-order valence-corrected chi connectivity index (χ0v) is 9.69. The Hall–Kier alpha value is -1.23. The van der Waals surface area contributed by atoms with Crippen LogP contribution in [0.2, 0.25) is 0 Å². The number of rotatable bonds is 2. The average molecular weight is 239 g/mol. The molecule has 5 heteroatoms. The van der Waals surface area contributed by atoms with E-state index in [2.05, 4.69) is 0 Å². The maximum Gasteiger partial charge on any atom is 0.147 e. The van der Waals surface area contributed by atoms with Gasteiger partial charge in [0, 0.05) is 30.2 Å². The first-order chi connectivity index (χ1) is 7.68. The van der Waals surface area contributed by atoms with E-state index in [1.807, 2.05) is 16.7 Å². The molecule has 16 heavy (non-hydrogen) atoms. The second-order valence-electron chi connectivity index (χ2n) is 3.68. The molecule has 1 saturated heterocycles. The van der Waals surface area contributed by atoms with Crippen molar-refractivity contribution in [2.45, 2.75) is 0 Å². The predicted molar refractivity (Wildman–Crippen MR) is 67.0 cm³/mol. The topological polar surface area (TPSA) is 53.1 Å². The molecule has 0 atom stereocenters. The first-order valence-electron chi connectivity index (χ1n) is 5.15. The Morgan fingerprint density at radius 2 is 2.06 bits per heavy atom. The second-order valence-corrected chi connectivity index (χ2v) is 4.90. The van der Waals surface area contributed by atoms with Crippen LogP contribution in [-0.4, -0.2) is 30.4 Å². The molecule has 0 aliphatic carbocycles. The van der Waals surface area contributed by atoms with Gasteiger partial charge in [0.1, 0.15) is 11.7 Å². The van der Waals surface area contributed by atoms with Crippen LogP contribution in [0.15, 0.2) is 18.2 Å². The fraction of sp³-hybridized carbons (Fsp3) is 0.364. The molecule has 0 unspecified atom stereocenters. The molecule has 2 rings (SSSR count). The molecule has 1 aromatic carbocycles. The van der Waals surface area contributed by atoms with Crippen LogP contribution >= 0.6 is 11.8 Å². The molecule has 1 aromatic rings. The quantitative estimate of drug-likeness (QED) is 0.609. The minimum absolute atomic E-state index is 0.0975. The number of hydrogen-bond acceptors (Lipinski definition) is 3. The number of hydrogen-bond donors (Lipinski definition) is 2. The van der Waals surface area contributed by atoms with Crippen LogP contribution in [0.3, 0.4) is 0 Å². The predicted octanol–water partition coefficient (Wildman–Crippen LogP) is 1.66. The van der Waals surface area contributed by atoms with E-state index in [0.29, 0.717) is 11.3 Å². The molecule has 86 valence electrons. The molecule has 1 fully saturated rings. The fourth-order valence-electron chi connectivity index (χ4n) is 1.74. The Morgan fingerprint density at radius 1 is 1.38 bits per heavy atom. The van der Waals surface area contributed by atoms with E-state index in [1.54, 1.807) is 12.1 Å². The number of nitrogens with two attached hydrogens (primary N) is 1. The van der Waals surface area contributed by atoms with Crippen LogP contribution in [0.4, 0.5) is 10.1 Å². The van der Waals surface area contributed by atoms with Gasteiger partial charge in [-0.2, -0.15) is 11.8 Å². The lowest BCUT2D eigenvalue weighted by Crippen LogP contribution is -2.33. The standard InChI is InChI=1S/C11H14FN3S/c12-9-7-8(11(13)14)1-2-10(9)15-3-5-16-6-4-15/h1-2,7H,3-6H2,(H3,13,14). The summed E-state index contributed by atoms with van der Waals surface area (Å²) in [5.74, 6) is 1.68. The van der Waals surface area contributed by atoms with Gasteiger partial charge < -0.3 is 10.6 Å².